The van der Waals surface area contributed by atoms with Crippen molar-refractivity contribution >= 4 is 33.5 Å². The number of aromatic nitrogens is 1. The van der Waals surface area contributed by atoms with Crippen LogP contribution in [0.15, 0.2) is 70.0 Å². The topological polar surface area (TPSA) is 81.4 Å². The second-order valence-corrected chi connectivity index (χ2v) is 5.87. The molecule has 2 aromatic carbocycles. The summed E-state index contributed by atoms with van der Waals surface area (Å²) in [6.07, 6.45) is 1.64. The van der Waals surface area contributed by atoms with Crippen LogP contribution in [-0.4, -0.2) is 17.5 Å². The van der Waals surface area contributed by atoms with Crippen LogP contribution in [0, 0.1) is 0 Å². The van der Waals surface area contributed by atoms with Crippen molar-refractivity contribution in [3.05, 3.63) is 76.8 Å². The Balaban J connectivity index is 1.73. The van der Waals surface area contributed by atoms with E-state index < -0.39 is 5.91 Å². The maximum Gasteiger partial charge on any atom is 0.291 e. The third kappa shape index (κ3) is 3.13. The number of nitrogens with zero attached hydrogens (tertiary/aromatic N) is 1. The molecule has 1 N–H and O–H groups in total. The number of para-hydroxylation sites is 1. The molecule has 27 heavy (non-hydrogen) atoms. The molecule has 1 amide bonds. The number of carbonyl (C=O) groups excluding carboxylic acids is 1. The molecule has 0 bridgehead atoms. The van der Waals surface area contributed by atoms with Gasteiger partial charge in [0.05, 0.1) is 23.2 Å². The lowest BCUT2D eigenvalue weighted by molar-refractivity contribution is 0.0997. The Hall–Kier alpha value is -3.67. The summed E-state index contributed by atoms with van der Waals surface area (Å²) in [7, 11) is 0. The van der Waals surface area contributed by atoms with Gasteiger partial charge < -0.3 is 14.5 Å². The molecule has 2 aromatic heterocycles. The number of pyridine rings is 1. The summed E-state index contributed by atoms with van der Waals surface area (Å²) in [6, 6.07) is 15.2. The van der Waals surface area contributed by atoms with Crippen molar-refractivity contribution in [2.24, 2.45) is 0 Å². The van der Waals surface area contributed by atoms with Gasteiger partial charge in [-0.1, -0.05) is 12.1 Å². The van der Waals surface area contributed by atoms with Crippen LogP contribution >= 0.6 is 0 Å². The summed E-state index contributed by atoms with van der Waals surface area (Å²) in [5, 5.41) is 3.99. The first-order valence-electron chi connectivity index (χ1n) is 8.52. The van der Waals surface area contributed by atoms with Gasteiger partial charge in [-0.3, -0.25) is 14.6 Å². The standard InChI is InChI=1S/C21H16N2O4/c1-2-26-17-10-9-15(20-14(17)7-5-11-22-20)23-21(25)19-12-16(24)13-6-3-4-8-18(13)27-19/h3-12H,2H2,1H3,(H,23,25). The Labute approximate surface area is 154 Å². The van der Waals surface area contributed by atoms with Crippen molar-refractivity contribution in [2.45, 2.75) is 6.92 Å². The van der Waals surface area contributed by atoms with E-state index in [9.17, 15) is 9.59 Å². The minimum absolute atomic E-state index is 0.0586. The first kappa shape index (κ1) is 16.8. The van der Waals surface area contributed by atoms with Crippen LogP contribution in [0.5, 0.6) is 5.75 Å². The average Bonchev–Trinajstić information content (AvgIpc) is 2.70. The van der Waals surface area contributed by atoms with E-state index in [0.717, 1.165) is 5.39 Å². The fourth-order valence-corrected chi connectivity index (χ4v) is 2.93. The normalized spacial score (nSPS) is 10.9. The van der Waals surface area contributed by atoms with Crippen molar-refractivity contribution in [3.63, 3.8) is 0 Å². The van der Waals surface area contributed by atoms with Crippen LogP contribution in [0.1, 0.15) is 17.5 Å². The molecule has 0 unspecified atom stereocenters. The summed E-state index contributed by atoms with van der Waals surface area (Å²) in [5.74, 6) is 0.112. The van der Waals surface area contributed by atoms with E-state index in [4.69, 9.17) is 9.15 Å². The van der Waals surface area contributed by atoms with Crippen molar-refractivity contribution in [2.75, 3.05) is 11.9 Å². The van der Waals surface area contributed by atoms with Crippen LogP contribution in [0.3, 0.4) is 0 Å². The fraction of sp³-hybridized carbons (Fsp3) is 0.0952. The van der Waals surface area contributed by atoms with Gasteiger partial charge in [-0.05, 0) is 43.3 Å². The molecule has 0 atom stereocenters. The van der Waals surface area contributed by atoms with E-state index in [2.05, 4.69) is 10.3 Å². The Morgan fingerprint density at radius 3 is 2.78 bits per heavy atom. The maximum absolute atomic E-state index is 12.7. The number of benzene rings is 2. The molecule has 0 aliphatic heterocycles. The zero-order valence-electron chi connectivity index (χ0n) is 14.6. The van der Waals surface area contributed by atoms with E-state index in [1.807, 2.05) is 13.0 Å². The summed E-state index contributed by atoms with van der Waals surface area (Å²) in [5.41, 5.74) is 1.20. The van der Waals surface area contributed by atoms with Crippen LogP contribution in [0.4, 0.5) is 5.69 Å². The molecule has 0 aliphatic carbocycles. The Kier molecular flexibility index (Phi) is 4.30. The third-order valence-electron chi connectivity index (χ3n) is 4.14. The van der Waals surface area contributed by atoms with E-state index in [1.54, 1.807) is 48.7 Å². The van der Waals surface area contributed by atoms with E-state index in [-0.39, 0.29) is 11.2 Å². The van der Waals surface area contributed by atoms with Crippen molar-refractivity contribution in [3.8, 4) is 5.75 Å². The largest absolute Gasteiger partial charge is 0.493 e. The smallest absolute Gasteiger partial charge is 0.291 e. The van der Waals surface area contributed by atoms with Gasteiger partial charge in [0.2, 0.25) is 0 Å². The number of nitrogens with one attached hydrogen (secondary N) is 1. The van der Waals surface area contributed by atoms with Crippen LogP contribution < -0.4 is 15.5 Å². The van der Waals surface area contributed by atoms with Crippen molar-refractivity contribution in [1.29, 1.82) is 0 Å². The highest BCUT2D eigenvalue weighted by Gasteiger charge is 2.15. The summed E-state index contributed by atoms with van der Waals surface area (Å²) in [4.78, 5) is 29.2. The van der Waals surface area contributed by atoms with Crippen LogP contribution in [-0.2, 0) is 0 Å². The molecule has 6 heteroatoms. The number of fused-ring (bicyclic) bond motifs is 2. The molecule has 0 fully saturated rings. The van der Waals surface area contributed by atoms with E-state index in [0.29, 0.717) is 34.5 Å². The van der Waals surface area contributed by atoms with Gasteiger partial charge in [0.25, 0.3) is 5.91 Å². The molecule has 134 valence electrons. The lowest BCUT2D eigenvalue weighted by Gasteiger charge is -2.11. The molecule has 0 radical (unpaired) electrons. The number of hydrogen-bond donors (Lipinski definition) is 1. The predicted molar refractivity (Wildman–Crippen MR) is 103 cm³/mol. The number of rotatable bonds is 4. The molecule has 0 saturated carbocycles. The van der Waals surface area contributed by atoms with Crippen molar-refractivity contribution in [1.82, 2.24) is 4.98 Å². The van der Waals surface area contributed by atoms with Gasteiger partial charge in [0.15, 0.2) is 11.2 Å². The molecule has 0 aliphatic rings. The van der Waals surface area contributed by atoms with Crippen LogP contribution in [0.25, 0.3) is 21.9 Å². The molecule has 4 aromatic rings. The Bertz CT molecular complexity index is 1210. The summed E-state index contributed by atoms with van der Waals surface area (Å²) in [6.45, 7) is 2.43. The third-order valence-corrected chi connectivity index (χ3v) is 4.14. The van der Waals surface area contributed by atoms with Gasteiger partial charge in [-0.2, -0.15) is 0 Å². The number of amides is 1. The number of carbonyl (C=O) groups is 1. The minimum atomic E-state index is -0.519. The highest BCUT2D eigenvalue weighted by atomic mass is 16.5. The van der Waals surface area contributed by atoms with E-state index >= 15 is 0 Å². The number of hydrogen-bond acceptors (Lipinski definition) is 5. The highest BCUT2D eigenvalue weighted by Crippen LogP contribution is 2.30. The highest BCUT2D eigenvalue weighted by molar-refractivity contribution is 6.08. The minimum Gasteiger partial charge on any atom is -0.493 e. The quantitative estimate of drug-likeness (QED) is 0.595. The van der Waals surface area contributed by atoms with Gasteiger partial charge in [0, 0.05) is 17.6 Å². The zero-order valence-corrected chi connectivity index (χ0v) is 14.6. The van der Waals surface area contributed by atoms with Crippen LogP contribution in [0.2, 0.25) is 0 Å². The Morgan fingerprint density at radius 2 is 1.93 bits per heavy atom. The lowest BCUT2D eigenvalue weighted by atomic mass is 10.1. The van der Waals surface area contributed by atoms with Gasteiger partial charge in [0.1, 0.15) is 11.3 Å². The second-order valence-electron chi connectivity index (χ2n) is 5.87. The van der Waals surface area contributed by atoms with E-state index in [1.165, 1.54) is 6.07 Å². The fourth-order valence-electron chi connectivity index (χ4n) is 2.93. The molecule has 0 saturated heterocycles. The summed E-state index contributed by atoms with van der Waals surface area (Å²) < 4.78 is 11.2. The van der Waals surface area contributed by atoms with Crippen molar-refractivity contribution < 1.29 is 13.9 Å². The average molecular weight is 360 g/mol. The first-order chi connectivity index (χ1) is 13.2. The molecular weight excluding hydrogens is 344 g/mol. The van der Waals surface area contributed by atoms with Gasteiger partial charge in [-0.25, -0.2) is 0 Å². The van der Waals surface area contributed by atoms with Gasteiger partial charge >= 0.3 is 0 Å². The maximum atomic E-state index is 12.7. The first-order valence-corrected chi connectivity index (χ1v) is 8.52. The Morgan fingerprint density at radius 1 is 1.11 bits per heavy atom. The molecular formula is C21H16N2O4. The molecule has 0 spiro atoms. The molecule has 6 nitrogen and oxygen atoms in total. The SMILES string of the molecule is CCOc1ccc(NC(=O)c2cc(=O)c3ccccc3o2)c2ncccc12. The lowest BCUT2D eigenvalue weighted by Crippen LogP contribution is -2.15. The predicted octanol–water partition coefficient (Wildman–Crippen LogP) is 3.99. The molecule has 2 heterocycles. The number of anilines is 1. The summed E-state index contributed by atoms with van der Waals surface area (Å²) >= 11 is 0. The molecule has 4 rings (SSSR count). The monoisotopic (exact) mass is 360 g/mol. The van der Waals surface area contributed by atoms with Gasteiger partial charge in [-0.15, -0.1) is 0 Å². The zero-order chi connectivity index (χ0) is 18.8. The second kappa shape index (κ2) is 6.92. The number of ether oxygens (including phenoxy) is 1.